The third-order valence-electron chi connectivity index (χ3n) is 5.03. The summed E-state index contributed by atoms with van der Waals surface area (Å²) in [6.07, 6.45) is 3.09. The summed E-state index contributed by atoms with van der Waals surface area (Å²) < 4.78 is 0. The number of hydrogen-bond acceptors (Lipinski definition) is 5. The molecule has 0 radical (unpaired) electrons. The Bertz CT molecular complexity index is 578. The van der Waals surface area contributed by atoms with Crippen LogP contribution in [0.15, 0.2) is 18.2 Å². The number of aliphatic hydroxyl groups excluding tert-OH is 1. The predicted octanol–water partition coefficient (Wildman–Crippen LogP) is 2.19. The summed E-state index contributed by atoms with van der Waals surface area (Å²) in [7, 11) is 0. The minimum absolute atomic E-state index is 0.160. The van der Waals surface area contributed by atoms with Gasteiger partial charge in [-0.05, 0) is 44.2 Å². The lowest BCUT2D eigenvalue weighted by molar-refractivity contribution is -0.385. The lowest BCUT2D eigenvalue weighted by Gasteiger charge is -2.36. The van der Waals surface area contributed by atoms with E-state index < -0.39 is 0 Å². The van der Waals surface area contributed by atoms with Gasteiger partial charge in [0.25, 0.3) is 5.69 Å². The molecule has 0 bridgehead atoms. The van der Waals surface area contributed by atoms with Gasteiger partial charge in [-0.3, -0.25) is 10.1 Å². The molecule has 1 N–H and O–H groups in total. The molecule has 126 valence electrons. The van der Waals surface area contributed by atoms with Crippen molar-refractivity contribution in [2.24, 2.45) is 5.92 Å². The van der Waals surface area contributed by atoms with Gasteiger partial charge in [-0.15, -0.1) is 0 Å². The maximum absolute atomic E-state index is 10.9. The summed E-state index contributed by atoms with van der Waals surface area (Å²) in [5, 5.41) is 20.6. The van der Waals surface area contributed by atoms with Crippen molar-refractivity contribution in [1.29, 1.82) is 0 Å². The average Bonchev–Trinajstić information content (AvgIpc) is 2.92. The molecule has 2 atom stereocenters. The van der Waals surface area contributed by atoms with Gasteiger partial charge in [0.05, 0.1) is 11.0 Å². The van der Waals surface area contributed by atoms with Crippen LogP contribution >= 0.6 is 0 Å². The van der Waals surface area contributed by atoms with E-state index in [9.17, 15) is 15.2 Å². The van der Waals surface area contributed by atoms with Gasteiger partial charge < -0.3 is 14.9 Å². The van der Waals surface area contributed by atoms with E-state index in [1.165, 1.54) is 6.42 Å². The van der Waals surface area contributed by atoms with Crippen molar-refractivity contribution in [3.05, 3.63) is 33.9 Å². The molecular weight excluding hydrogens is 294 g/mol. The molecule has 6 nitrogen and oxygen atoms in total. The van der Waals surface area contributed by atoms with Crippen molar-refractivity contribution in [3.63, 3.8) is 0 Å². The maximum Gasteiger partial charge on any atom is 0.272 e. The summed E-state index contributed by atoms with van der Waals surface area (Å²) in [4.78, 5) is 15.3. The Balaban J connectivity index is 1.64. The fourth-order valence-corrected chi connectivity index (χ4v) is 3.83. The predicted molar refractivity (Wildman–Crippen MR) is 89.8 cm³/mol. The van der Waals surface area contributed by atoms with Crippen molar-refractivity contribution in [3.8, 4) is 0 Å². The average molecular weight is 319 g/mol. The van der Waals surface area contributed by atoms with Crippen LogP contribution in [0.4, 0.5) is 11.4 Å². The number of piperidine rings is 1. The van der Waals surface area contributed by atoms with Gasteiger partial charge in [-0.2, -0.15) is 0 Å². The van der Waals surface area contributed by atoms with Crippen molar-refractivity contribution in [1.82, 2.24) is 4.90 Å². The molecule has 0 aromatic heterocycles. The Morgan fingerprint density at radius 1 is 1.30 bits per heavy atom. The molecule has 0 spiro atoms. The van der Waals surface area contributed by atoms with Crippen LogP contribution in [0.2, 0.25) is 0 Å². The smallest absolute Gasteiger partial charge is 0.272 e. The summed E-state index contributed by atoms with van der Waals surface area (Å²) in [5.74, 6) is 0.601. The Hall–Kier alpha value is -1.66. The van der Waals surface area contributed by atoms with Crippen LogP contribution in [-0.4, -0.2) is 53.8 Å². The molecule has 1 aromatic rings. The highest BCUT2D eigenvalue weighted by Crippen LogP contribution is 2.28. The van der Waals surface area contributed by atoms with Gasteiger partial charge in [0.1, 0.15) is 0 Å². The molecule has 2 saturated heterocycles. The molecule has 0 saturated carbocycles. The molecule has 0 unspecified atom stereocenters. The highest BCUT2D eigenvalue weighted by molar-refractivity contribution is 5.55. The molecule has 6 heteroatoms. The third-order valence-corrected chi connectivity index (χ3v) is 5.03. The van der Waals surface area contributed by atoms with E-state index >= 15 is 0 Å². The first kappa shape index (κ1) is 16.2. The Morgan fingerprint density at radius 2 is 2.13 bits per heavy atom. The Labute approximate surface area is 136 Å². The standard InChI is InChI=1S/C17H25N3O3/c1-13-9-15(4-5-17(13)20(22)23)19-7-2-3-14(11-19)10-18-8-6-16(21)12-18/h4-5,9,14,16,21H,2-3,6-8,10-12H2,1H3/t14-,16-/m0/s1. The number of aliphatic hydroxyl groups is 1. The number of nitro groups is 1. The van der Waals surface area contributed by atoms with Crippen molar-refractivity contribution in [2.75, 3.05) is 37.6 Å². The van der Waals surface area contributed by atoms with Crippen LogP contribution in [-0.2, 0) is 0 Å². The summed E-state index contributed by atoms with van der Waals surface area (Å²) in [6, 6.07) is 5.42. The second-order valence-electron chi connectivity index (χ2n) is 6.88. The zero-order valence-electron chi connectivity index (χ0n) is 13.6. The van der Waals surface area contributed by atoms with Crippen LogP contribution in [0.25, 0.3) is 0 Å². The van der Waals surface area contributed by atoms with Crippen LogP contribution in [0, 0.1) is 23.0 Å². The molecule has 0 amide bonds. The fourth-order valence-electron chi connectivity index (χ4n) is 3.83. The summed E-state index contributed by atoms with van der Waals surface area (Å²) >= 11 is 0. The lowest BCUT2D eigenvalue weighted by atomic mass is 9.96. The first-order chi connectivity index (χ1) is 11.0. The molecule has 23 heavy (non-hydrogen) atoms. The topological polar surface area (TPSA) is 69.8 Å². The SMILES string of the molecule is Cc1cc(N2CCC[C@@H](CN3CC[C@H](O)C3)C2)ccc1[N+](=O)[O-]. The molecule has 2 aliphatic heterocycles. The number of nitrogens with zero attached hydrogens (tertiary/aromatic N) is 3. The van der Waals surface area contributed by atoms with E-state index in [1.54, 1.807) is 13.0 Å². The fraction of sp³-hybridized carbons (Fsp3) is 0.647. The first-order valence-electron chi connectivity index (χ1n) is 8.43. The molecule has 0 aliphatic carbocycles. The molecule has 1 aromatic carbocycles. The van der Waals surface area contributed by atoms with Crippen LogP contribution < -0.4 is 4.90 Å². The molecule has 2 fully saturated rings. The van der Waals surface area contributed by atoms with E-state index in [1.807, 2.05) is 12.1 Å². The first-order valence-corrected chi connectivity index (χ1v) is 8.43. The minimum atomic E-state index is -0.323. The van der Waals surface area contributed by atoms with Crippen LogP contribution in [0.3, 0.4) is 0 Å². The van der Waals surface area contributed by atoms with Crippen molar-refractivity contribution in [2.45, 2.75) is 32.3 Å². The monoisotopic (exact) mass is 319 g/mol. The quantitative estimate of drug-likeness (QED) is 0.680. The maximum atomic E-state index is 10.9. The van der Waals surface area contributed by atoms with Crippen LogP contribution in [0.1, 0.15) is 24.8 Å². The number of aryl methyl sites for hydroxylation is 1. The summed E-state index contributed by atoms with van der Waals surface area (Å²) in [5.41, 5.74) is 1.99. The number of benzene rings is 1. The normalized spacial score (nSPS) is 25.7. The Kier molecular flexibility index (Phi) is 4.82. The van der Waals surface area contributed by atoms with Gasteiger partial charge in [0, 0.05) is 50.0 Å². The number of anilines is 1. The van der Waals surface area contributed by atoms with E-state index in [0.29, 0.717) is 5.92 Å². The third kappa shape index (κ3) is 3.82. The summed E-state index contributed by atoms with van der Waals surface area (Å²) in [6.45, 7) is 6.63. The van der Waals surface area contributed by atoms with Gasteiger partial charge in [-0.25, -0.2) is 0 Å². The van der Waals surface area contributed by atoms with Gasteiger partial charge in [0.15, 0.2) is 0 Å². The van der Waals surface area contributed by atoms with Crippen LogP contribution in [0.5, 0.6) is 0 Å². The van der Waals surface area contributed by atoms with E-state index in [0.717, 1.165) is 56.8 Å². The Morgan fingerprint density at radius 3 is 2.78 bits per heavy atom. The largest absolute Gasteiger partial charge is 0.392 e. The van der Waals surface area contributed by atoms with Gasteiger partial charge >= 0.3 is 0 Å². The van der Waals surface area contributed by atoms with E-state index in [2.05, 4.69) is 9.80 Å². The number of likely N-dealkylation sites (tertiary alicyclic amines) is 1. The van der Waals surface area contributed by atoms with Gasteiger partial charge in [0.2, 0.25) is 0 Å². The number of rotatable bonds is 4. The number of hydrogen-bond donors (Lipinski definition) is 1. The lowest BCUT2D eigenvalue weighted by Crippen LogP contribution is -2.40. The molecule has 2 heterocycles. The minimum Gasteiger partial charge on any atom is -0.392 e. The molecule has 3 rings (SSSR count). The van der Waals surface area contributed by atoms with E-state index in [-0.39, 0.29) is 16.7 Å². The zero-order chi connectivity index (χ0) is 16.4. The number of nitro benzene ring substituents is 1. The van der Waals surface area contributed by atoms with Crippen molar-refractivity contribution >= 4 is 11.4 Å². The molecule has 2 aliphatic rings. The van der Waals surface area contributed by atoms with Gasteiger partial charge in [-0.1, -0.05) is 0 Å². The zero-order valence-corrected chi connectivity index (χ0v) is 13.6. The second-order valence-corrected chi connectivity index (χ2v) is 6.88. The van der Waals surface area contributed by atoms with E-state index in [4.69, 9.17) is 0 Å². The van der Waals surface area contributed by atoms with Crippen molar-refractivity contribution < 1.29 is 10.0 Å². The molecular formula is C17H25N3O3. The number of β-amino-alcohol motifs (C(OH)–C–C–N with tert-alkyl or cyclic N) is 1. The highest BCUT2D eigenvalue weighted by Gasteiger charge is 2.26. The second kappa shape index (κ2) is 6.84. The highest BCUT2D eigenvalue weighted by atomic mass is 16.6.